The minimum Gasteiger partial charge on any atom is -0.325 e. The molecule has 5 heteroatoms. The third-order valence-electron chi connectivity index (χ3n) is 4.68. The van der Waals surface area contributed by atoms with Crippen LogP contribution in [0.1, 0.15) is 46.1 Å². The Morgan fingerprint density at radius 1 is 0.931 bits per heavy atom. The quantitative estimate of drug-likeness (QED) is 0.464. The van der Waals surface area contributed by atoms with Crippen molar-refractivity contribution in [2.45, 2.75) is 52.0 Å². The van der Waals surface area contributed by atoms with Crippen molar-refractivity contribution in [2.75, 3.05) is 20.6 Å². The van der Waals surface area contributed by atoms with Crippen LogP contribution in [-0.2, 0) is 16.7 Å². The maximum Gasteiger partial charge on any atom is 0.294 e. The summed E-state index contributed by atoms with van der Waals surface area (Å²) in [6, 6.07) is 18.3. The predicted molar refractivity (Wildman–Crippen MR) is 121 cm³/mol. The van der Waals surface area contributed by atoms with E-state index in [1.807, 2.05) is 0 Å². The zero-order valence-electron chi connectivity index (χ0n) is 18.8. The van der Waals surface area contributed by atoms with Crippen LogP contribution in [0.5, 0.6) is 0 Å². The topological polar surface area (TPSA) is 54.4 Å². The van der Waals surface area contributed by atoms with Gasteiger partial charge < -0.3 is 4.48 Å². The van der Waals surface area contributed by atoms with E-state index >= 15 is 0 Å². The molecule has 0 aromatic heterocycles. The minimum absolute atomic E-state index is 0.0741. The lowest BCUT2D eigenvalue weighted by Gasteiger charge is -2.32. The lowest BCUT2D eigenvalue weighted by Crippen LogP contribution is -2.40. The number of benzene rings is 2. The summed E-state index contributed by atoms with van der Waals surface area (Å²) < 4.78 is 30.3. The van der Waals surface area contributed by atoms with Crippen LogP contribution in [0.25, 0.3) is 0 Å². The second kappa shape index (κ2) is 10.9. The smallest absolute Gasteiger partial charge is 0.294 e. The van der Waals surface area contributed by atoms with Gasteiger partial charge in [-0.15, -0.1) is 0 Å². The van der Waals surface area contributed by atoms with Crippen LogP contribution < -0.4 is 0 Å². The van der Waals surface area contributed by atoms with Crippen LogP contribution in [-0.4, -0.2) is 38.1 Å². The SMILES string of the molecule is CC(CC[N+](C)(C)Cc1ccccc1)CC(C)(C)C.O=S(=O)(O)c1ccccc1. The van der Waals surface area contributed by atoms with Crippen LogP contribution in [0.15, 0.2) is 65.6 Å². The molecular weight excluding hydrogens is 382 g/mol. The van der Waals surface area contributed by atoms with Gasteiger partial charge in [-0.25, -0.2) is 0 Å². The molecule has 0 spiro atoms. The molecule has 0 aliphatic heterocycles. The maximum absolute atomic E-state index is 10.4. The maximum atomic E-state index is 10.4. The Bertz CT molecular complexity index is 810. The molecule has 2 rings (SSSR count). The van der Waals surface area contributed by atoms with Crippen LogP contribution >= 0.6 is 0 Å². The van der Waals surface area contributed by atoms with Gasteiger partial charge in [0.05, 0.1) is 25.5 Å². The van der Waals surface area contributed by atoms with E-state index in [1.54, 1.807) is 18.2 Å². The van der Waals surface area contributed by atoms with E-state index in [9.17, 15) is 8.42 Å². The number of quaternary nitrogens is 1. The molecule has 0 aliphatic rings. The number of rotatable bonds is 7. The number of hydrogen-bond acceptors (Lipinski definition) is 2. The fourth-order valence-electron chi connectivity index (χ4n) is 3.47. The molecule has 1 atom stereocenters. The van der Waals surface area contributed by atoms with Gasteiger partial charge in [-0.05, 0) is 36.3 Å². The molecular formula is C24H38NO3S+. The Morgan fingerprint density at radius 2 is 1.41 bits per heavy atom. The van der Waals surface area contributed by atoms with Gasteiger partial charge in [-0.3, -0.25) is 4.55 Å². The highest BCUT2D eigenvalue weighted by Gasteiger charge is 2.20. The molecule has 1 N–H and O–H groups in total. The highest BCUT2D eigenvalue weighted by atomic mass is 32.2. The summed E-state index contributed by atoms with van der Waals surface area (Å²) in [5.41, 5.74) is 1.90. The second-order valence-corrected chi connectivity index (χ2v) is 11.2. The van der Waals surface area contributed by atoms with Gasteiger partial charge in [0.15, 0.2) is 0 Å². The molecule has 162 valence electrons. The van der Waals surface area contributed by atoms with E-state index < -0.39 is 10.1 Å². The van der Waals surface area contributed by atoms with E-state index in [4.69, 9.17) is 4.55 Å². The van der Waals surface area contributed by atoms with Gasteiger partial charge in [0.1, 0.15) is 6.54 Å². The first-order valence-electron chi connectivity index (χ1n) is 10.2. The van der Waals surface area contributed by atoms with Crippen molar-refractivity contribution in [1.82, 2.24) is 0 Å². The van der Waals surface area contributed by atoms with E-state index in [1.165, 1.54) is 37.1 Å². The molecule has 2 aromatic rings. The molecule has 0 heterocycles. The molecule has 0 saturated carbocycles. The van der Waals surface area contributed by atoms with Gasteiger partial charge in [0, 0.05) is 5.56 Å². The van der Waals surface area contributed by atoms with Crippen LogP contribution in [0.3, 0.4) is 0 Å². The Balaban J connectivity index is 0.000000352. The monoisotopic (exact) mass is 420 g/mol. The fraction of sp³-hybridized carbons (Fsp3) is 0.500. The number of hydrogen-bond donors (Lipinski definition) is 1. The summed E-state index contributed by atoms with van der Waals surface area (Å²) in [4.78, 5) is -0.0741. The van der Waals surface area contributed by atoms with E-state index in [-0.39, 0.29) is 4.90 Å². The van der Waals surface area contributed by atoms with Crippen molar-refractivity contribution in [2.24, 2.45) is 11.3 Å². The third-order valence-corrected chi connectivity index (χ3v) is 5.55. The standard InChI is InChI=1S/C18H32N.C6H6O3S/c1-16(14-18(2,3)4)12-13-19(5,6)15-17-10-8-7-9-11-17;7-10(8,9)6-4-2-1-3-5-6/h7-11,16H,12-15H2,1-6H3;1-5H,(H,7,8,9)/q+1;. The van der Waals surface area contributed by atoms with Gasteiger partial charge in [0.2, 0.25) is 0 Å². The predicted octanol–water partition coefficient (Wildman–Crippen LogP) is 5.66. The van der Waals surface area contributed by atoms with E-state index in [0.29, 0.717) is 5.41 Å². The molecule has 1 unspecified atom stereocenters. The fourth-order valence-corrected chi connectivity index (χ4v) is 3.97. The van der Waals surface area contributed by atoms with Crippen molar-refractivity contribution >= 4 is 10.1 Å². The first-order valence-corrected chi connectivity index (χ1v) is 11.6. The van der Waals surface area contributed by atoms with Crippen molar-refractivity contribution < 1.29 is 17.5 Å². The van der Waals surface area contributed by atoms with Crippen molar-refractivity contribution in [3.63, 3.8) is 0 Å². The van der Waals surface area contributed by atoms with Gasteiger partial charge in [0.25, 0.3) is 10.1 Å². The summed E-state index contributed by atoms with van der Waals surface area (Å²) in [6.45, 7) is 11.8. The van der Waals surface area contributed by atoms with Gasteiger partial charge >= 0.3 is 0 Å². The molecule has 0 saturated heterocycles. The van der Waals surface area contributed by atoms with Gasteiger partial charge in [-0.1, -0.05) is 76.2 Å². The van der Waals surface area contributed by atoms with E-state index in [2.05, 4.69) is 72.1 Å². The minimum atomic E-state index is -4.00. The van der Waals surface area contributed by atoms with E-state index in [0.717, 1.165) is 16.9 Å². The average Bonchev–Trinajstić information content (AvgIpc) is 2.60. The molecule has 4 nitrogen and oxygen atoms in total. The molecule has 0 amide bonds. The van der Waals surface area contributed by atoms with Crippen molar-refractivity contribution in [3.8, 4) is 0 Å². The normalized spacial score (nSPS) is 13.3. The highest BCUT2D eigenvalue weighted by Crippen LogP contribution is 2.26. The summed E-state index contributed by atoms with van der Waals surface area (Å²) in [7, 11) is 0.685. The van der Waals surface area contributed by atoms with Crippen molar-refractivity contribution in [3.05, 3.63) is 66.2 Å². The Morgan fingerprint density at radius 3 is 1.83 bits per heavy atom. The molecule has 0 aliphatic carbocycles. The zero-order chi connectivity index (χ0) is 22.1. The summed E-state index contributed by atoms with van der Waals surface area (Å²) in [6.07, 6.45) is 2.63. The Hall–Kier alpha value is -1.69. The first kappa shape index (κ1) is 25.3. The molecule has 0 radical (unpaired) electrons. The molecule has 0 bridgehead atoms. The third kappa shape index (κ3) is 11.8. The van der Waals surface area contributed by atoms with Crippen molar-refractivity contribution in [1.29, 1.82) is 0 Å². The van der Waals surface area contributed by atoms with Crippen LogP contribution in [0, 0.1) is 11.3 Å². The summed E-state index contributed by atoms with van der Waals surface area (Å²) in [5.74, 6) is 0.813. The molecule has 29 heavy (non-hydrogen) atoms. The second-order valence-electron chi connectivity index (χ2n) is 9.75. The average molecular weight is 421 g/mol. The number of nitrogens with zero attached hydrogens (tertiary/aromatic N) is 1. The highest BCUT2D eigenvalue weighted by molar-refractivity contribution is 7.85. The molecule has 0 fully saturated rings. The largest absolute Gasteiger partial charge is 0.325 e. The first-order chi connectivity index (χ1) is 13.3. The van der Waals surface area contributed by atoms with Crippen LogP contribution in [0.4, 0.5) is 0 Å². The molecule has 2 aromatic carbocycles. The Labute approximate surface area is 177 Å². The van der Waals surface area contributed by atoms with Gasteiger partial charge in [-0.2, -0.15) is 8.42 Å². The zero-order valence-corrected chi connectivity index (χ0v) is 19.6. The lowest BCUT2D eigenvalue weighted by atomic mass is 9.84. The Kier molecular flexibility index (Phi) is 9.53. The van der Waals surface area contributed by atoms with Crippen LogP contribution in [0.2, 0.25) is 0 Å². The summed E-state index contributed by atoms with van der Waals surface area (Å²) in [5, 5.41) is 0. The lowest BCUT2D eigenvalue weighted by molar-refractivity contribution is -0.904. The summed E-state index contributed by atoms with van der Waals surface area (Å²) >= 11 is 0.